The molecule has 33 heavy (non-hydrogen) atoms. The van der Waals surface area contributed by atoms with Crippen LogP contribution in [0.15, 0.2) is 47.8 Å². The summed E-state index contributed by atoms with van der Waals surface area (Å²) in [6.07, 6.45) is -1.26. The van der Waals surface area contributed by atoms with Crippen LogP contribution in [-0.2, 0) is 27.4 Å². The van der Waals surface area contributed by atoms with E-state index in [0.717, 1.165) is 17.4 Å². The second kappa shape index (κ2) is 10.9. The average molecular weight is 490 g/mol. The van der Waals surface area contributed by atoms with Crippen LogP contribution >= 0.6 is 22.9 Å². The molecule has 3 aromatic rings. The lowest BCUT2D eigenvalue weighted by Crippen LogP contribution is -2.30. The number of nitrogens with zero attached hydrogens (tertiary/aromatic N) is 2. The molecule has 1 heterocycles. The molecule has 1 amide bonds. The maximum atomic E-state index is 12.3. The number of hydrogen-bond donors (Lipinski definition) is 1. The van der Waals surface area contributed by atoms with E-state index in [1.165, 1.54) is 30.4 Å². The number of carbonyl (C=O) groups is 2. The third-order valence-electron chi connectivity index (χ3n) is 4.40. The van der Waals surface area contributed by atoms with Crippen LogP contribution in [0.1, 0.15) is 23.2 Å². The van der Waals surface area contributed by atoms with Crippen LogP contribution in [0.4, 0.5) is 11.4 Å². The minimum Gasteiger partial charge on any atom is -0.486 e. The lowest BCUT2D eigenvalue weighted by molar-refractivity contribution is -0.384. The van der Waals surface area contributed by atoms with Gasteiger partial charge >= 0.3 is 5.97 Å². The molecule has 9 nitrogen and oxygen atoms in total. The second-order valence-corrected chi connectivity index (χ2v) is 8.40. The molecule has 0 bridgehead atoms. The largest absolute Gasteiger partial charge is 0.486 e. The number of carbonyl (C=O) groups excluding carboxylic acids is 2. The number of rotatable bonds is 9. The number of anilines is 1. The highest BCUT2D eigenvalue weighted by atomic mass is 35.5. The Balaban J connectivity index is 1.50. The predicted molar refractivity (Wildman–Crippen MR) is 124 cm³/mol. The van der Waals surface area contributed by atoms with Gasteiger partial charge in [-0.25, -0.2) is 4.98 Å². The molecule has 0 aliphatic carbocycles. The Morgan fingerprint density at radius 1 is 1.24 bits per heavy atom. The fraction of sp³-hybridized carbons (Fsp3) is 0.227. The van der Waals surface area contributed by atoms with E-state index in [1.54, 1.807) is 5.38 Å². The molecule has 0 aliphatic heterocycles. The minimum atomic E-state index is -1.14. The number of halogens is 1. The molecule has 0 fully saturated rings. The van der Waals surface area contributed by atoms with Gasteiger partial charge in [-0.05, 0) is 32.0 Å². The van der Waals surface area contributed by atoms with Gasteiger partial charge in [-0.1, -0.05) is 29.3 Å². The van der Waals surface area contributed by atoms with Gasteiger partial charge in [0.15, 0.2) is 6.10 Å². The molecule has 1 N–H and O–H groups in total. The number of nitro benzene ring substituents is 1. The summed E-state index contributed by atoms with van der Waals surface area (Å²) >= 11 is 7.33. The number of aryl methyl sites for hydroxylation is 1. The summed E-state index contributed by atoms with van der Waals surface area (Å²) in [4.78, 5) is 39.2. The van der Waals surface area contributed by atoms with Crippen LogP contribution in [0, 0.1) is 17.0 Å². The highest BCUT2D eigenvalue weighted by Gasteiger charge is 2.21. The van der Waals surface area contributed by atoms with Gasteiger partial charge in [0.05, 0.1) is 27.7 Å². The first-order valence-corrected chi connectivity index (χ1v) is 11.0. The van der Waals surface area contributed by atoms with E-state index in [9.17, 15) is 19.7 Å². The van der Waals surface area contributed by atoms with Gasteiger partial charge in [-0.3, -0.25) is 19.7 Å². The van der Waals surface area contributed by atoms with E-state index in [4.69, 9.17) is 21.1 Å². The molecule has 1 unspecified atom stereocenters. The minimum absolute atomic E-state index is 0.0523. The Morgan fingerprint density at radius 3 is 2.67 bits per heavy atom. The Hall–Kier alpha value is -3.50. The number of nitro groups is 1. The summed E-state index contributed by atoms with van der Waals surface area (Å²) in [7, 11) is 0. The molecule has 0 saturated heterocycles. The summed E-state index contributed by atoms with van der Waals surface area (Å²) in [5, 5.41) is 15.9. The number of nitrogens with one attached hydrogen (secondary N) is 1. The van der Waals surface area contributed by atoms with Gasteiger partial charge in [0.25, 0.3) is 11.6 Å². The molecule has 1 atom stereocenters. The van der Waals surface area contributed by atoms with Crippen molar-refractivity contribution in [3.63, 3.8) is 0 Å². The normalized spacial score (nSPS) is 11.5. The Kier molecular flexibility index (Phi) is 7.96. The first-order chi connectivity index (χ1) is 15.7. The molecular weight excluding hydrogens is 470 g/mol. The predicted octanol–water partition coefficient (Wildman–Crippen LogP) is 4.71. The quantitative estimate of drug-likeness (QED) is 0.262. The van der Waals surface area contributed by atoms with Gasteiger partial charge in [-0.2, -0.15) is 0 Å². The van der Waals surface area contributed by atoms with Crippen molar-refractivity contribution in [1.29, 1.82) is 0 Å². The third-order valence-corrected chi connectivity index (χ3v) is 5.60. The average Bonchev–Trinajstić information content (AvgIpc) is 3.21. The van der Waals surface area contributed by atoms with E-state index in [-0.39, 0.29) is 29.4 Å². The molecular formula is C22H20ClN3O6S. The summed E-state index contributed by atoms with van der Waals surface area (Å²) in [5.74, 6) is -0.587. The zero-order chi connectivity index (χ0) is 24.0. The van der Waals surface area contributed by atoms with Crippen LogP contribution in [0.2, 0.25) is 5.02 Å². The van der Waals surface area contributed by atoms with Crippen LogP contribution in [-0.4, -0.2) is 27.9 Å². The number of esters is 1. The summed E-state index contributed by atoms with van der Waals surface area (Å²) < 4.78 is 10.8. The number of thiazole rings is 1. The van der Waals surface area contributed by atoms with Gasteiger partial charge in [0.1, 0.15) is 17.4 Å². The molecule has 0 aliphatic rings. The first kappa shape index (κ1) is 24.1. The first-order valence-electron chi connectivity index (χ1n) is 9.78. The smallest absolute Gasteiger partial charge is 0.312 e. The highest BCUT2D eigenvalue weighted by molar-refractivity contribution is 7.09. The Morgan fingerprint density at radius 2 is 1.97 bits per heavy atom. The Labute approximate surface area is 198 Å². The molecule has 2 aromatic carbocycles. The fourth-order valence-corrected chi connectivity index (χ4v) is 3.54. The van der Waals surface area contributed by atoms with Crippen molar-refractivity contribution in [2.75, 3.05) is 5.32 Å². The van der Waals surface area contributed by atoms with Gasteiger partial charge in [0.2, 0.25) is 0 Å². The number of ether oxygens (including phenoxy) is 2. The lowest BCUT2D eigenvalue weighted by atomic mass is 10.2. The topological polar surface area (TPSA) is 121 Å². The number of non-ortho nitro benzene ring substituents is 1. The van der Waals surface area contributed by atoms with E-state index < -0.39 is 22.9 Å². The maximum Gasteiger partial charge on any atom is 0.312 e. The fourth-order valence-electron chi connectivity index (χ4n) is 2.67. The van der Waals surface area contributed by atoms with Crippen molar-refractivity contribution in [2.24, 2.45) is 0 Å². The van der Waals surface area contributed by atoms with Crippen molar-refractivity contribution in [2.45, 2.75) is 33.0 Å². The third kappa shape index (κ3) is 6.99. The van der Waals surface area contributed by atoms with Crippen LogP contribution < -0.4 is 10.1 Å². The maximum absolute atomic E-state index is 12.3. The molecule has 0 saturated carbocycles. The van der Waals surface area contributed by atoms with Crippen LogP contribution in [0.3, 0.4) is 0 Å². The van der Waals surface area contributed by atoms with Crippen molar-refractivity contribution in [1.82, 2.24) is 4.98 Å². The molecule has 1 aromatic heterocycles. The summed E-state index contributed by atoms with van der Waals surface area (Å²) in [6.45, 7) is 3.65. The lowest BCUT2D eigenvalue weighted by Gasteiger charge is -2.14. The molecule has 0 spiro atoms. The Bertz CT molecular complexity index is 1170. The van der Waals surface area contributed by atoms with Gasteiger partial charge < -0.3 is 14.8 Å². The van der Waals surface area contributed by atoms with Crippen molar-refractivity contribution < 1.29 is 24.0 Å². The van der Waals surface area contributed by atoms with Crippen LogP contribution in [0.5, 0.6) is 5.75 Å². The zero-order valence-electron chi connectivity index (χ0n) is 17.7. The van der Waals surface area contributed by atoms with E-state index in [1.807, 2.05) is 31.2 Å². The van der Waals surface area contributed by atoms with Crippen LogP contribution in [0.25, 0.3) is 0 Å². The van der Waals surface area contributed by atoms with Crippen molar-refractivity contribution in [3.8, 4) is 5.75 Å². The number of hydrogen-bond acceptors (Lipinski definition) is 8. The number of aromatic nitrogens is 1. The molecule has 172 valence electrons. The second-order valence-electron chi connectivity index (χ2n) is 7.05. The van der Waals surface area contributed by atoms with E-state index >= 15 is 0 Å². The zero-order valence-corrected chi connectivity index (χ0v) is 19.3. The van der Waals surface area contributed by atoms with Gasteiger partial charge in [0, 0.05) is 17.5 Å². The monoisotopic (exact) mass is 489 g/mol. The van der Waals surface area contributed by atoms with E-state index in [2.05, 4.69) is 10.3 Å². The molecule has 3 rings (SSSR count). The number of benzene rings is 2. The van der Waals surface area contributed by atoms with Crippen molar-refractivity contribution in [3.05, 3.63) is 79.2 Å². The summed E-state index contributed by atoms with van der Waals surface area (Å²) in [6, 6.07) is 11.3. The highest BCUT2D eigenvalue weighted by Crippen LogP contribution is 2.27. The standard InChI is InChI=1S/C22H20ClN3O6S/c1-13-3-6-17(7-4-13)31-11-20-24-15(12-33-20)9-21(27)32-14(2)22(28)25-19-10-16(26(29)30)5-8-18(19)23/h3-8,10,12,14H,9,11H2,1-2H3,(H,25,28). The molecule has 0 radical (unpaired) electrons. The van der Waals surface area contributed by atoms with E-state index in [0.29, 0.717) is 10.7 Å². The molecule has 11 heteroatoms. The SMILES string of the molecule is Cc1ccc(OCc2nc(CC(=O)OC(C)C(=O)Nc3cc([N+](=O)[O-])ccc3Cl)cs2)cc1. The number of amides is 1. The van der Waals surface area contributed by atoms with Gasteiger partial charge in [-0.15, -0.1) is 11.3 Å². The summed E-state index contributed by atoms with van der Waals surface area (Å²) in [5.41, 5.74) is 1.46. The van der Waals surface area contributed by atoms with Crippen molar-refractivity contribution >= 4 is 46.2 Å².